The van der Waals surface area contributed by atoms with Crippen molar-refractivity contribution in [2.75, 3.05) is 31.3 Å². The fourth-order valence-electron chi connectivity index (χ4n) is 5.05. The summed E-state index contributed by atoms with van der Waals surface area (Å²) in [6, 6.07) is 1.91. The van der Waals surface area contributed by atoms with Crippen molar-refractivity contribution < 1.29 is 31.4 Å². The molecule has 3 aromatic rings. The number of anilines is 2. The normalized spacial score (nSPS) is 18.8. The maximum absolute atomic E-state index is 15.1. The van der Waals surface area contributed by atoms with E-state index in [4.69, 9.17) is 5.11 Å². The molecular weight excluding hydrogens is 554 g/mol. The van der Waals surface area contributed by atoms with Crippen LogP contribution in [0.1, 0.15) is 45.6 Å². The lowest BCUT2D eigenvalue weighted by atomic mass is 9.91. The molecule has 0 aliphatic heterocycles. The predicted octanol–water partition coefficient (Wildman–Crippen LogP) is 5.08. The molecule has 14 heteroatoms. The SMILES string of the molecule is CC(C)n1c(=O)c(-c2cc(F)c(NC[C@H](O)C(F)(F)F)c(F)c2F)cc2cnc(NC3CCC(N(C)C)CC3)nc21. The van der Waals surface area contributed by atoms with Gasteiger partial charge in [-0.15, -0.1) is 0 Å². The number of pyridine rings is 1. The van der Waals surface area contributed by atoms with E-state index in [1.165, 1.54) is 16.8 Å². The Balaban J connectivity index is 1.69. The first-order valence-corrected chi connectivity index (χ1v) is 13.2. The number of alkyl halides is 3. The maximum Gasteiger partial charge on any atom is 0.416 e. The van der Waals surface area contributed by atoms with E-state index in [2.05, 4.69) is 20.2 Å². The first-order chi connectivity index (χ1) is 19.2. The van der Waals surface area contributed by atoms with Gasteiger partial charge in [-0.2, -0.15) is 18.2 Å². The smallest absolute Gasteiger partial charge is 0.382 e. The van der Waals surface area contributed by atoms with Crippen LogP contribution in [0.2, 0.25) is 0 Å². The Morgan fingerprint density at radius 2 is 1.73 bits per heavy atom. The van der Waals surface area contributed by atoms with Gasteiger partial charge in [-0.1, -0.05) is 0 Å². The molecule has 1 atom stereocenters. The third-order valence-corrected chi connectivity index (χ3v) is 7.35. The van der Waals surface area contributed by atoms with Gasteiger partial charge in [0.25, 0.3) is 5.56 Å². The van der Waals surface area contributed by atoms with Gasteiger partial charge in [-0.3, -0.25) is 9.36 Å². The summed E-state index contributed by atoms with van der Waals surface area (Å²) in [5.41, 5.74) is -2.82. The molecule has 0 unspecified atom stereocenters. The van der Waals surface area contributed by atoms with Gasteiger partial charge < -0.3 is 20.6 Å². The van der Waals surface area contributed by atoms with Crippen LogP contribution in [-0.2, 0) is 0 Å². The molecule has 8 nitrogen and oxygen atoms in total. The Hall–Kier alpha value is -3.39. The molecule has 0 bridgehead atoms. The van der Waals surface area contributed by atoms with E-state index in [1.54, 1.807) is 19.2 Å². The zero-order valence-corrected chi connectivity index (χ0v) is 23.0. The van der Waals surface area contributed by atoms with E-state index >= 15 is 4.39 Å². The minimum Gasteiger partial charge on any atom is -0.382 e. The molecule has 0 radical (unpaired) electrons. The molecule has 1 aliphatic carbocycles. The van der Waals surface area contributed by atoms with Crippen LogP contribution >= 0.6 is 0 Å². The van der Waals surface area contributed by atoms with Crippen LogP contribution in [-0.4, -0.2) is 69.5 Å². The number of nitrogens with one attached hydrogen (secondary N) is 2. The fraction of sp³-hybridized carbons (Fsp3) is 0.519. The number of fused-ring (bicyclic) bond motifs is 1. The lowest BCUT2D eigenvalue weighted by Gasteiger charge is -2.33. The average Bonchev–Trinajstić information content (AvgIpc) is 2.89. The first kappa shape index (κ1) is 30.6. The number of hydrogen-bond acceptors (Lipinski definition) is 7. The van der Waals surface area contributed by atoms with Crippen LogP contribution in [0, 0.1) is 17.5 Å². The summed E-state index contributed by atoms with van der Waals surface area (Å²) in [6.07, 6.45) is -2.71. The summed E-state index contributed by atoms with van der Waals surface area (Å²) >= 11 is 0. The third-order valence-electron chi connectivity index (χ3n) is 7.35. The highest BCUT2D eigenvalue weighted by atomic mass is 19.4. The van der Waals surface area contributed by atoms with Crippen molar-refractivity contribution in [3.05, 3.63) is 46.1 Å². The summed E-state index contributed by atoms with van der Waals surface area (Å²) in [5.74, 6) is -4.60. The zero-order valence-electron chi connectivity index (χ0n) is 23.0. The molecule has 2 heterocycles. The summed E-state index contributed by atoms with van der Waals surface area (Å²) < 4.78 is 83.7. The molecule has 0 spiro atoms. The number of hydrogen-bond donors (Lipinski definition) is 3. The molecule has 41 heavy (non-hydrogen) atoms. The quantitative estimate of drug-likeness (QED) is 0.251. The summed E-state index contributed by atoms with van der Waals surface area (Å²) in [4.78, 5) is 24.6. The van der Waals surface area contributed by atoms with Gasteiger partial charge in [-0.05, 0) is 65.8 Å². The van der Waals surface area contributed by atoms with Crippen LogP contribution in [0.15, 0.2) is 23.1 Å². The second-order valence-electron chi connectivity index (χ2n) is 10.8. The number of nitrogens with zero attached hydrogens (tertiary/aromatic N) is 4. The van der Waals surface area contributed by atoms with Gasteiger partial charge in [-0.25, -0.2) is 18.2 Å². The van der Waals surface area contributed by atoms with Crippen molar-refractivity contribution in [2.24, 2.45) is 0 Å². The number of aliphatic hydroxyl groups is 1. The molecule has 1 aromatic carbocycles. The van der Waals surface area contributed by atoms with E-state index < -0.39 is 59.1 Å². The van der Waals surface area contributed by atoms with Crippen LogP contribution < -0.4 is 16.2 Å². The first-order valence-electron chi connectivity index (χ1n) is 13.2. The highest BCUT2D eigenvalue weighted by molar-refractivity contribution is 5.82. The Bertz CT molecular complexity index is 1470. The van der Waals surface area contributed by atoms with Gasteiger partial charge in [0.2, 0.25) is 5.95 Å². The molecule has 0 saturated heterocycles. The van der Waals surface area contributed by atoms with Gasteiger partial charge >= 0.3 is 6.18 Å². The summed E-state index contributed by atoms with van der Waals surface area (Å²) in [5, 5.41) is 14.5. The minimum absolute atomic E-state index is 0.145. The van der Waals surface area contributed by atoms with Crippen molar-refractivity contribution in [1.82, 2.24) is 19.4 Å². The lowest BCUT2D eigenvalue weighted by Crippen LogP contribution is -2.36. The minimum atomic E-state index is -5.05. The van der Waals surface area contributed by atoms with Crippen LogP contribution in [0.25, 0.3) is 22.2 Å². The van der Waals surface area contributed by atoms with Crippen LogP contribution in [0.5, 0.6) is 0 Å². The Morgan fingerprint density at radius 3 is 2.32 bits per heavy atom. The highest BCUT2D eigenvalue weighted by Gasteiger charge is 2.38. The third kappa shape index (κ3) is 6.43. The summed E-state index contributed by atoms with van der Waals surface area (Å²) in [7, 11) is 4.10. The van der Waals surface area contributed by atoms with E-state index in [1.807, 2.05) is 14.1 Å². The van der Waals surface area contributed by atoms with Crippen molar-refractivity contribution in [3.8, 4) is 11.1 Å². The molecule has 1 aliphatic rings. The fourth-order valence-corrected chi connectivity index (χ4v) is 5.05. The largest absolute Gasteiger partial charge is 0.416 e. The molecule has 1 fully saturated rings. The number of aliphatic hydroxyl groups excluding tert-OH is 1. The van der Waals surface area contributed by atoms with Gasteiger partial charge in [0.1, 0.15) is 17.2 Å². The molecule has 3 N–H and O–H groups in total. The molecule has 4 rings (SSSR count). The topological polar surface area (TPSA) is 95.3 Å². The molecule has 1 saturated carbocycles. The molecular formula is C27H32F6N6O2. The van der Waals surface area contributed by atoms with Crippen molar-refractivity contribution in [3.63, 3.8) is 0 Å². The summed E-state index contributed by atoms with van der Waals surface area (Å²) in [6.45, 7) is 2.08. The number of benzene rings is 1. The van der Waals surface area contributed by atoms with E-state index in [-0.39, 0.29) is 17.3 Å². The standard InChI is InChI=1S/C27H32F6N6O2/c1-13(2)39-24-14(11-35-26(37-24)36-15-5-7-16(8-6-15)38(3)4)9-18(25(39)41)17-10-19(28)23(22(30)21(17)29)34-12-20(40)27(31,32)33/h9-11,13,15-16,20,34,40H,5-8,12H2,1-4H3,(H,35,36,37)/t15?,16?,20-/m0/s1. The van der Waals surface area contributed by atoms with Crippen molar-refractivity contribution in [1.29, 1.82) is 0 Å². The van der Waals surface area contributed by atoms with Gasteiger partial charge in [0, 0.05) is 41.8 Å². The Kier molecular flexibility index (Phi) is 8.83. The lowest BCUT2D eigenvalue weighted by molar-refractivity contribution is -0.198. The van der Waals surface area contributed by atoms with Gasteiger partial charge in [0.05, 0.1) is 5.56 Å². The van der Waals surface area contributed by atoms with E-state index in [0.717, 1.165) is 25.7 Å². The highest BCUT2D eigenvalue weighted by Crippen LogP contribution is 2.32. The van der Waals surface area contributed by atoms with Crippen LogP contribution in [0.4, 0.5) is 38.0 Å². The van der Waals surface area contributed by atoms with E-state index in [0.29, 0.717) is 23.4 Å². The van der Waals surface area contributed by atoms with Crippen LogP contribution in [0.3, 0.4) is 0 Å². The van der Waals surface area contributed by atoms with E-state index in [9.17, 15) is 26.7 Å². The maximum atomic E-state index is 15.1. The molecule has 224 valence electrons. The number of halogens is 6. The number of aromatic nitrogens is 3. The van der Waals surface area contributed by atoms with Gasteiger partial charge in [0.15, 0.2) is 17.7 Å². The van der Waals surface area contributed by atoms with Crippen molar-refractivity contribution >= 4 is 22.7 Å². The Morgan fingerprint density at radius 1 is 1.07 bits per heavy atom. The second kappa shape index (κ2) is 11.8. The predicted molar refractivity (Wildman–Crippen MR) is 143 cm³/mol. The monoisotopic (exact) mass is 586 g/mol. The molecule has 0 amide bonds. The number of rotatable bonds is 8. The zero-order chi connectivity index (χ0) is 30.2. The molecule has 2 aromatic heterocycles. The van der Waals surface area contributed by atoms with Crippen molar-refractivity contribution in [2.45, 2.75) is 69.9 Å². The second-order valence-corrected chi connectivity index (χ2v) is 10.8. The Labute approximate surface area is 232 Å². The average molecular weight is 587 g/mol.